The summed E-state index contributed by atoms with van der Waals surface area (Å²) in [7, 11) is 0. The quantitative estimate of drug-likeness (QED) is 0.587. The second-order valence-electron chi connectivity index (χ2n) is 7.98. The molecule has 0 spiro atoms. The molecule has 0 aliphatic carbocycles. The number of amides is 1. The van der Waals surface area contributed by atoms with Gasteiger partial charge in [0.1, 0.15) is 11.9 Å². The fourth-order valence-corrected chi connectivity index (χ4v) is 4.06. The summed E-state index contributed by atoms with van der Waals surface area (Å²) >= 11 is 0. The van der Waals surface area contributed by atoms with Gasteiger partial charge in [-0.2, -0.15) is 0 Å². The van der Waals surface area contributed by atoms with E-state index in [2.05, 4.69) is 10.2 Å². The van der Waals surface area contributed by atoms with Gasteiger partial charge in [-0.25, -0.2) is 9.38 Å². The Kier molecular flexibility index (Phi) is 6.39. The van der Waals surface area contributed by atoms with E-state index in [9.17, 15) is 14.0 Å². The predicted molar refractivity (Wildman–Crippen MR) is 120 cm³/mol. The van der Waals surface area contributed by atoms with E-state index in [0.717, 1.165) is 16.8 Å². The van der Waals surface area contributed by atoms with Gasteiger partial charge < -0.3 is 14.5 Å². The van der Waals surface area contributed by atoms with Gasteiger partial charge in [0.15, 0.2) is 5.92 Å². The van der Waals surface area contributed by atoms with E-state index in [4.69, 9.17) is 9.73 Å². The Balaban J connectivity index is 1.55. The SMILES string of the molecule is CCOC(=O)[C@H]1C(=O)NC(N2CCN(c3ccc(F)cc3)CC2)=N[C@@H]1c1ccc(C)cc1. The summed E-state index contributed by atoms with van der Waals surface area (Å²) in [5.74, 6) is -1.79. The minimum absolute atomic E-state index is 0.200. The second-order valence-corrected chi connectivity index (χ2v) is 7.98. The maximum Gasteiger partial charge on any atom is 0.321 e. The highest BCUT2D eigenvalue weighted by Crippen LogP contribution is 2.31. The normalized spacial score (nSPS) is 21.1. The van der Waals surface area contributed by atoms with Crippen LogP contribution in [0.1, 0.15) is 24.1 Å². The van der Waals surface area contributed by atoms with Gasteiger partial charge in [0.05, 0.1) is 6.61 Å². The number of aryl methyl sites for hydroxylation is 1. The molecule has 1 saturated heterocycles. The van der Waals surface area contributed by atoms with Crippen LogP contribution < -0.4 is 10.2 Å². The molecule has 0 unspecified atom stereocenters. The summed E-state index contributed by atoms with van der Waals surface area (Å²) < 4.78 is 18.4. The van der Waals surface area contributed by atoms with E-state index in [1.165, 1.54) is 12.1 Å². The zero-order valence-electron chi connectivity index (χ0n) is 18.3. The number of halogens is 1. The third kappa shape index (κ3) is 4.59. The molecule has 1 amide bonds. The first-order valence-electron chi connectivity index (χ1n) is 10.8. The van der Waals surface area contributed by atoms with E-state index in [0.29, 0.717) is 32.1 Å². The largest absolute Gasteiger partial charge is 0.465 e. The number of ether oxygens (including phenoxy) is 1. The minimum Gasteiger partial charge on any atom is -0.465 e. The number of carbonyl (C=O) groups excluding carboxylic acids is 2. The summed E-state index contributed by atoms with van der Waals surface area (Å²) in [6.07, 6.45) is 0. The van der Waals surface area contributed by atoms with Crippen LogP contribution in [-0.2, 0) is 14.3 Å². The molecule has 32 heavy (non-hydrogen) atoms. The fourth-order valence-electron chi connectivity index (χ4n) is 4.06. The number of anilines is 1. The van der Waals surface area contributed by atoms with Crippen molar-refractivity contribution in [1.82, 2.24) is 10.2 Å². The van der Waals surface area contributed by atoms with Crippen molar-refractivity contribution in [3.8, 4) is 0 Å². The number of nitrogens with zero attached hydrogens (tertiary/aromatic N) is 3. The Morgan fingerprint density at radius 3 is 2.31 bits per heavy atom. The first-order valence-corrected chi connectivity index (χ1v) is 10.8. The van der Waals surface area contributed by atoms with Crippen LogP contribution in [0.2, 0.25) is 0 Å². The van der Waals surface area contributed by atoms with Gasteiger partial charge in [0, 0.05) is 31.9 Å². The van der Waals surface area contributed by atoms with Crippen LogP contribution >= 0.6 is 0 Å². The third-order valence-electron chi connectivity index (χ3n) is 5.82. The van der Waals surface area contributed by atoms with Crippen molar-refractivity contribution in [2.45, 2.75) is 19.9 Å². The summed E-state index contributed by atoms with van der Waals surface area (Å²) in [5.41, 5.74) is 2.84. The van der Waals surface area contributed by atoms with Crippen LogP contribution in [0.25, 0.3) is 0 Å². The van der Waals surface area contributed by atoms with Crippen molar-refractivity contribution in [3.63, 3.8) is 0 Å². The molecule has 0 radical (unpaired) electrons. The van der Waals surface area contributed by atoms with Crippen LogP contribution in [0, 0.1) is 18.7 Å². The van der Waals surface area contributed by atoms with Crippen molar-refractivity contribution < 1.29 is 18.7 Å². The number of carbonyl (C=O) groups is 2. The van der Waals surface area contributed by atoms with Crippen molar-refractivity contribution in [2.75, 3.05) is 37.7 Å². The van der Waals surface area contributed by atoms with Crippen molar-refractivity contribution in [1.29, 1.82) is 0 Å². The summed E-state index contributed by atoms with van der Waals surface area (Å²) in [6, 6.07) is 13.5. The average molecular weight is 439 g/mol. The molecular formula is C24H27FN4O3. The molecule has 2 aliphatic heterocycles. The van der Waals surface area contributed by atoms with Gasteiger partial charge in [-0.3, -0.25) is 14.9 Å². The van der Waals surface area contributed by atoms with Crippen molar-refractivity contribution in [2.24, 2.45) is 10.9 Å². The molecular weight excluding hydrogens is 411 g/mol. The maximum atomic E-state index is 13.2. The highest BCUT2D eigenvalue weighted by atomic mass is 19.1. The third-order valence-corrected chi connectivity index (χ3v) is 5.82. The molecule has 0 aromatic heterocycles. The highest BCUT2D eigenvalue weighted by molar-refractivity contribution is 6.08. The van der Waals surface area contributed by atoms with Gasteiger partial charge in [-0.1, -0.05) is 29.8 Å². The molecule has 2 atom stereocenters. The van der Waals surface area contributed by atoms with E-state index in [1.54, 1.807) is 19.1 Å². The molecule has 1 N–H and O–H groups in total. The molecule has 0 bridgehead atoms. The van der Waals surface area contributed by atoms with E-state index in [-0.39, 0.29) is 12.4 Å². The average Bonchev–Trinajstić information content (AvgIpc) is 2.80. The first kappa shape index (κ1) is 21.8. The van der Waals surface area contributed by atoms with Crippen molar-refractivity contribution in [3.05, 3.63) is 65.5 Å². The van der Waals surface area contributed by atoms with Gasteiger partial charge >= 0.3 is 5.97 Å². The standard InChI is InChI=1S/C24H27FN4O3/c1-3-32-23(31)20-21(17-6-4-16(2)5-7-17)26-24(27-22(20)30)29-14-12-28(13-15-29)19-10-8-18(25)9-11-19/h4-11,20-21H,3,12-15H2,1-2H3,(H,26,27,30)/t20-,21-/m1/s1. The summed E-state index contributed by atoms with van der Waals surface area (Å²) in [5, 5.41) is 2.82. The Bertz CT molecular complexity index is 999. The smallest absolute Gasteiger partial charge is 0.321 e. The molecule has 2 aromatic rings. The predicted octanol–water partition coefficient (Wildman–Crippen LogP) is 2.66. The summed E-state index contributed by atoms with van der Waals surface area (Å²) in [6.45, 7) is 6.59. The molecule has 2 heterocycles. The molecule has 8 heteroatoms. The molecule has 2 aromatic carbocycles. The minimum atomic E-state index is -1.03. The molecule has 4 rings (SSSR count). The molecule has 168 valence electrons. The number of esters is 1. The molecule has 1 fully saturated rings. The van der Waals surface area contributed by atoms with Crippen molar-refractivity contribution >= 4 is 23.5 Å². The summed E-state index contributed by atoms with van der Waals surface area (Å²) in [4.78, 5) is 34.5. The monoisotopic (exact) mass is 438 g/mol. The number of nitrogens with one attached hydrogen (secondary N) is 1. The molecule has 2 aliphatic rings. The van der Waals surface area contributed by atoms with Crippen LogP contribution in [0.15, 0.2) is 53.5 Å². The topological polar surface area (TPSA) is 74.2 Å². The first-order chi connectivity index (χ1) is 15.5. The Labute approximate surface area is 186 Å². The van der Waals surface area contributed by atoms with Gasteiger partial charge in [0.25, 0.3) is 0 Å². The zero-order chi connectivity index (χ0) is 22.7. The van der Waals surface area contributed by atoms with Crippen LogP contribution in [0.4, 0.5) is 10.1 Å². The molecule has 0 saturated carbocycles. The van der Waals surface area contributed by atoms with E-state index < -0.39 is 23.8 Å². The van der Waals surface area contributed by atoms with Crippen LogP contribution in [0.5, 0.6) is 0 Å². The van der Waals surface area contributed by atoms with Crippen LogP contribution in [-0.4, -0.2) is 55.5 Å². The number of rotatable bonds is 4. The van der Waals surface area contributed by atoms with Crippen LogP contribution in [0.3, 0.4) is 0 Å². The number of guanidine groups is 1. The zero-order valence-corrected chi connectivity index (χ0v) is 18.3. The Morgan fingerprint density at radius 2 is 1.69 bits per heavy atom. The lowest BCUT2D eigenvalue weighted by Crippen LogP contribution is -2.57. The van der Waals surface area contributed by atoms with E-state index >= 15 is 0 Å². The lowest BCUT2D eigenvalue weighted by atomic mass is 9.91. The number of benzene rings is 2. The lowest BCUT2D eigenvalue weighted by molar-refractivity contribution is -0.153. The lowest BCUT2D eigenvalue weighted by Gasteiger charge is -2.39. The van der Waals surface area contributed by atoms with Gasteiger partial charge in [0.2, 0.25) is 11.9 Å². The number of aliphatic imine (C=N–C) groups is 1. The maximum absolute atomic E-state index is 13.2. The number of piperazine rings is 1. The van der Waals surface area contributed by atoms with Gasteiger partial charge in [-0.15, -0.1) is 0 Å². The number of hydrogen-bond donors (Lipinski definition) is 1. The Hall–Kier alpha value is -3.42. The fraction of sp³-hybridized carbons (Fsp3) is 0.375. The Morgan fingerprint density at radius 1 is 1.06 bits per heavy atom. The number of hydrogen-bond acceptors (Lipinski definition) is 6. The second kappa shape index (κ2) is 9.38. The van der Waals surface area contributed by atoms with E-state index in [1.807, 2.05) is 36.1 Å². The van der Waals surface area contributed by atoms with Gasteiger partial charge in [-0.05, 0) is 43.7 Å². The molecule has 7 nitrogen and oxygen atoms in total. The highest BCUT2D eigenvalue weighted by Gasteiger charge is 2.42.